The van der Waals surface area contributed by atoms with Gasteiger partial charge in [0.1, 0.15) is 0 Å². The van der Waals surface area contributed by atoms with Crippen LogP contribution in [0.2, 0.25) is 0 Å². The summed E-state index contributed by atoms with van der Waals surface area (Å²) in [6.07, 6.45) is 1.24. The molecule has 1 nitrogen and oxygen atoms in total. The molecule has 0 radical (unpaired) electrons. The summed E-state index contributed by atoms with van der Waals surface area (Å²) in [7, 11) is 0. The van der Waals surface area contributed by atoms with Gasteiger partial charge in [0, 0.05) is 12.6 Å². The molecule has 0 aliphatic rings. The van der Waals surface area contributed by atoms with Crippen molar-refractivity contribution < 1.29 is 0 Å². The lowest BCUT2D eigenvalue weighted by Gasteiger charge is -2.27. The van der Waals surface area contributed by atoms with Crippen LogP contribution < -0.4 is 5.32 Å². The fourth-order valence-electron chi connectivity index (χ4n) is 1.47. The summed E-state index contributed by atoms with van der Waals surface area (Å²) in [4.78, 5) is 0. The van der Waals surface area contributed by atoms with Crippen molar-refractivity contribution >= 4 is 0 Å². The van der Waals surface area contributed by atoms with Crippen LogP contribution in [0.5, 0.6) is 0 Å². The van der Waals surface area contributed by atoms with Crippen molar-refractivity contribution in [3.05, 3.63) is 0 Å². The lowest BCUT2D eigenvalue weighted by Crippen LogP contribution is -2.36. The van der Waals surface area contributed by atoms with Gasteiger partial charge in [0.25, 0.3) is 0 Å². The molecule has 1 N–H and O–H groups in total. The minimum atomic E-state index is 0.395. The maximum absolute atomic E-state index is 3.58. The zero-order valence-electron chi connectivity index (χ0n) is 10.5. The molecule has 80 valence electrons. The van der Waals surface area contributed by atoms with Gasteiger partial charge in [-0.3, -0.25) is 0 Å². The van der Waals surface area contributed by atoms with E-state index in [9.17, 15) is 0 Å². The summed E-state index contributed by atoms with van der Waals surface area (Å²) in [5.74, 6) is 0. The molecule has 0 aromatic heterocycles. The quantitative estimate of drug-likeness (QED) is 0.710. The fraction of sp³-hybridized carbons (Fsp3) is 1.00. The van der Waals surface area contributed by atoms with Gasteiger partial charge < -0.3 is 5.32 Å². The van der Waals surface area contributed by atoms with E-state index in [1.54, 1.807) is 0 Å². The predicted molar refractivity (Wildman–Crippen MR) is 61.0 cm³/mol. The Morgan fingerprint density at radius 2 is 1.38 bits per heavy atom. The molecule has 0 heterocycles. The van der Waals surface area contributed by atoms with E-state index >= 15 is 0 Å². The van der Waals surface area contributed by atoms with Crippen LogP contribution in [0.15, 0.2) is 0 Å². The molecule has 0 aliphatic carbocycles. The molecule has 1 unspecified atom stereocenters. The highest BCUT2D eigenvalue weighted by molar-refractivity contribution is 4.73. The Morgan fingerprint density at radius 1 is 0.923 bits per heavy atom. The average Bonchev–Trinajstić information content (AvgIpc) is 1.78. The van der Waals surface area contributed by atoms with Crippen molar-refractivity contribution in [1.29, 1.82) is 0 Å². The van der Waals surface area contributed by atoms with Gasteiger partial charge in [0.15, 0.2) is 0 Å². The molecule has 0 fully saturated rings. The van der Waals surface area contributed by atoms with Gasteiger partial charge >= 0.3 is 0 Å². The molecule has 0 aromatic rings. The summed E-state index contributed by atoms with van der Waals surface area (Å²) in [5.41, 5.74) is 0.830. The van der Waals surface area contributed by atoms with E-state index in [0.717, 1.165) is 6.54 Å². The summed E-state index contributed by atoms with van der Waals surface area (Å²) in [6, 6.07) is 0.624. The summed E-state index contributed by atoms with van der Waals surface area (Å²) < 4.78 is 0. The summed E-state index contributed by atoms with van der Waals surface area (Å²) in [5, 5.41) is 3.58. The van der Waals surface area contributed by atoms with E-state index in [-0.39, 0.29) is 0 Å². The number of nitrogens with one attached hydrogen (secondary N) is 1. The number of hydrogen-bond acceptors (Lipinski definition) is 1. The van der Waals surface area contributed by atoms with Crippen molar-refractivity contribution in [3.63, 3.8) is 0 Å². The van der Waals surface area contributed by atoms with Crippen molar-refractivity contribution in [2.45, 2.75) is 60.9 Å². The van der Waals surface area contributed by atoms with Crippen LogP contribution in [0, 0.1) is 10.8 Å². The van der Waals surface area contributed by atoms with Crippen LogP contribution >= 0.6 is 0 Å². The maximum atomic E-state index is 3.58. The van der Waals surface area contributed by atoms with E-state index in [1.807, 2.05) is 0 Å². The molecule has 0 spiro atoms. The van der Waals surface area contributed by atoms with Gasteiger partial charge in [0.05, 0.1) is 0 Å². The minimum absolute atomic E-state index is 0.395. The topological polar surface area (TPSA) is 12.0 Å². The Hall–Kier alpha value is -0.0400. The fourth-order valence-corrected chi connectivity index (χ4v) is 1.47. The largest absolute Gasteiger partial charge is 0.314 e. The van der Waals surface area contributed by atoms with Crippen LogP contribution in [-0.2, 0) is 0 Å². The number of hydrogen-bond donors (Lipinski definition) is 1. The average molecular weight is 185 g/mol. The van der Waals surface area contributed by atoms with Crippen molar-refractivity contribution in [2.24, 2.45) is 10.8 Å². The third-order valence-corrected chi connectivity index (χ3v) is 1.90. The van der Waals surface area contributed by atoms with E-state index in [0.29, 0.717) is 16.9 Å². The van der Waals surface area contributed by atoms with Crippen LogP contribution in [0.25, 0.3) is 0 Å². The third kappa shape index (κ3) is 9.88. The second kappa shape index (κ2) is 4.45. The van der Waals surface area contributed by atoms with Gasteiger partial charge in [-0.05, 0) is 24.2 Å². The second-order valence-corrected chi connectivity index (χ2v) is 6.61. The van der Waals surface area contributed by atoms with Crippen molar-refractivity contribution in [3.8, 4) is 0 Å². The Bertz CT molecular complexity index is 136. The van der Waals surface area contributed by atoms with Gasteiger partial charge in [0.2, 0.25) is 0 Å². The lowest BCUT2D eigenvalue weighted by molar-refractivity contribution is 0.288. The van der Waals surface area contributed by atoms with Crippen LogP contribution in [0.1, 0.15) is 54.9 Å². The maximum Gasteiger partial charge on any atom is 0.00439 e. The Morgan fingerprint density at radius 3 is 1.69 bits per heavy atom. The van der Waals surface area contributed by atoms with Crippen LogP contribution in [0.3, 0.4) is 0 Å². The summed E-state index contributed by atoms with van der Waals surface area (Å²) in [6.45, 7) is 17.1. The zero-order chi connectivity index (χ0) is 10.7. The van der Waals surface area contributed by atoms with E-state index in [4.69, 9.17) is 0 Å². The van der Waals surface area contributed by atoms with Crippen molar-refractivity contribution in [1.82, 2.24) is 5.32 Å². The van der Waals surface area contributed by atoms with Crippen LogP contribution in [-0.4, -0.2) is 12.6 Å². The zero-order valence-corrected chi connectivity index (χ0v) is 10.5. The van der Waals surface area contributed by atoms with E-state index < -0.39 is 0 Å². The van der Waals surface area contributed by atoms with Gasteiger partial charge in [-0.1, -0.05) is 41.5 Å². The van der Waals surface area contributed by atoms with Crippen LogP contribution in [0.4, 0.5) is 0 Å². The number of rotatable bonds is 3. The van der Waals surface area contributed by atoms with E-state index in [2.05, 4.69) is 53.8 Å². The molecule has 0 aliphatic heterocycles. The molecular weight excluding hydrogens is 158 g/mol. The minimum Gasteiger partial charge on any atom is -0.314 e. The predicted octanol–water partition coefficient (Wildman–Crippen LogP) is 3.45. The first-order chi connectivity index (χ1) is 5.60. The molecular formula is C12H27N. The Labute approximate surface area is 84.3 Å². The van der Waals surface area contributed by atoms with Gasteiger partial charge in [-0.15, -0.1) is 0 Å². The first-order valence-electron chi connectivity index (χ1n) is 5.33. The smallest absolute Gasteiger partial charge is 0.00439 e. The lowest BCUT2D eigenvalue weighted by atomic mass is 9.88. The molecule has 0 saturated heterocycles. The molecule has 0 bridgehead atoms. The Kier molecular flexibility index (Phi) is 4.44. The monoisotopic (exact) mass is 185 g/mol. The molecule has 13 heavy (non-hydrogen) atoms. The molecule has 0 rings (SSSR count). The van der Waals surface area contributed by atoms with Gasteiger partial charge in [-0.25, -0.2) is 0 Å². The molecule has 0 saturated carbocycles. The molecule has 1 heteroatoms. The highest BCUT2D eigenvalue weighted by Gasteiger charge is 2.17. The second-order valence-electron chi connectivity index (χ2n) is 6.61. The highest BCUT2D eigenvalue weighted by Crippen LogP contribution is 2.21. The van der Waals surface area contributed by atoms with Gasteiger partial charge in [-0.2, -0.15) is 0 Å². The molecule has 0 amide bonds. The van der Waals surface area contributed by atoms with E-state index in [1.165, 1.54) is 6.42 Å². The summed E-state index contributed by atoms with van der Waals surface area (Å²) >= 11 is 0. The molecule has 0 aromatic carbocycles. The van der Waals surface area contributed by atoms with Crippen molar-refractivity contribution in [2.75, 3.05) is 6.54 Å². The first-order valence-corrected chi connectivity index (χ1v) is 5.33. The standard InChI is InChI=1S/C12H27N/c1-10(8-11(2,3)4)13-9-12(5,6)7/h10,13H,8-9H2,1-7H3. The molecule has 1 atom stereocenters. The Balaban J connectivity index is 3.70. The highest BCUT2D eigenvalue weighted by atomic mass is 14.9. The SMILES string of the molecule is CC(CC(C)(C)C)NCC(C)(C)C. The normalized spacial score (nSPS) is 15.9. The first kappa shape index (κ1) is 13.0. The third-order valence-electron chi connectivity index (χ3n) is 1.90.